The molecule has 0 saturated heterocycles. The van der Waals surface area contributed by atoms with Gasteiger partial charge in [0.05, 0.1) is 0 Å². The third-order valence-electron chi connectivity index (χ3n) is 9.70. The molecule has 2 heterocycles. The Morgan fingerprint density at radius 3 is 1.67 bits per heavy atom. The summed E-state index contributed by atoms with van der Waals surface area (Å²) in [5.74, 6) is 1.85. The first-order chi connectivity index (χ1) is 25.2. The van der Waals surface area contributed by atoms with Crippen molar-refractivity contribution in [2.75, 3.05) is 0 Å². The van der Waals surface area contributed by atoms with E-state index in [0.717, 1.165) is 77.0 Å². The third-order valence-corrected chi connectivity index (χ3v) is 9.70. The van der Waals surface area contributed by atoms with Crippen molar-refractivity contribution < 1.29 is 4.42 Å². The van der Waals surface area contributed by atoms with Crippen LogP contribution in [-0.2, 0) is 0 Å². The Balaban J connectivity index is 1.25. The van der Waals surface area contributed by atoms with Crippen LogP contribution in [0.1, 0.15) is 0 Å². The van der Waals surface area contributed by atoms with Crippen LogP contribution in [0.2, 0.25) is 0 Å². The van der Waals surface area contributed by atoms with Crippen LogP contribution < -0.4 is 0 Å². The molecule has 4 heteroatoms. The molecule has 0 spiro atoms. The molecule has 10 rings (SSSR count). The largest absolute Gasteiger partial charge is 0.455 e. The number of fused-ring (bicyclic) bond motifs is 6. The number of aromatic nitrogens is 3. The van der Waals surface area contributed by atoms with Crippen LogP contribution in [0, 0.1) is 0 Å². The summed E-state index contributed by atoms with van der Waals surface area (Å²) in [6.45, 7) is 0. The molecule has 0 aliphatic rings. The number of rotatable bonds is 5. The molecule has 8 aromatic carbocycles. The number of hydrogen-bond donors (Lipinski definition) is 0. The van der Waals surface area contributed by atoms with Crippen LogP contribution in [0.4, 0.5) is 0 Å². The van der Waals surface area contributed by atoms with Gasteiger partial charge in [-0.15, -0.1) is 0 Å². The third kappa shape index (κ3) is 5.13. The van der Waals surface area contributed by atoms with Crippen molar-refractivity contribution in [3.8, 4) is 56.4 Å². The number of hydrogen-bond acceptors (Lipinski definition) is 4. The number of nitrogens with zero attached hydrogens (tertiary/aromatic N) is 3. The fourth-order valence-corrected chi connectivity index (χ4v) is 7.14. The number of furan rings is 1. The molecule has 0 N–H and O–H groups in total. The SMILES string of the molecule is c1ccc(-c2cccc(-c3nc(-c4ccc5ccccc5c4)nc(-c4cc5c6ccccc6oc5c5cc(-c6ccccc6)ccc45)n3)c2)cc1. The standard InChI is InChI=1S/C47H29N3O/c1-3-12-30(13-4-1)34-18-11-19-36(26-34)45-48-46(37-23-22-32-16-7-8-17-33(32)27-37)50-47(49-45)42-29-41-39-20-9-10-21-43(39)51-44(41)40-28-35(24-25-38(40)42)31-14-5-2-6-15-31/h1-29H. The highest BCUT2D eigenvalue weighted by atomic mass is 16.3. The summed E-state index contributed by atoms with van der Waals surface area (Å²) in [6, 6.07) is 61.0. The van der Waals surface area contributed by atoms with E-state index in [-0.39, 0.29) is 0 Å². The maximum atomic E-state index is 6.58. The Morgan fingerprint density at radius 2 is 0.882 bits per heavy atom. The summed E-state index contributed by atoms with van der Waals surface area (Å²) in [4.78, 5) is 15.6. The topological polar surface area (TPSA) is 51.8 Å². The summed E-state index contributed by atoms with van der Waals surface area (Å²) in [5, 5.41) is 6.42. The minimum Gasteiger partial charge on any atom is -0.455 e. The highest BCUT2D eigenvalue weighted by molar-refractivity contribution is 6.19. The van der Waals surface area contributed by atoms with Gasteiger partial charge in [0, 0.05) is 32.8 Å². The van der Waals surface area contributed by atoms with E-state index in [9.17, 15) is 0 Å². The smallest absolute Gasteiger partial charge is 0.164 e. The van der Waals surface area contributed by atoms with Crippen molar-refractivity contribution in [2.45, 2.75) is 0 Å². The van der Waals surface area contributed by atoms with Gasteiger partial charge in [0.2, 0.25) is 0 Å². The zero-order valence-electron chi connectivity index (χ0n) is 27.5. The van der Waals surface area contributed by atoms with Gasteiger partial charge in [-0.3, -0.25) is 0 Å². The maximum absolute atomic E-state index is 6.58. The van der Waals surface area contributed by atoms with Crippen molar-refractivity contribution in [1.82, 2.24) is 15.0 Å². The fraction of sp³-hybridized carbons (Fsp3) is 0. The summed E-state index contributed by atoms with van der Waals surface area (Å²) in [7, 11) is 0. The molecule has 10 aromatic rings. The lowest BCUT2D eigenvalue weighted by atomic mass is 9.95. The molecule has 0 radical (unpaired) electrons. The molecule has 0 amide bonds. The molecule has 0 unspecified atom stereocenters. The van der Waals surface area contributed by atoms with Gasteiger partial charge in [-0.1, -0.05) is 146 Å². The average molecular weight is 652 g/mol. The zero-order chi connectivity index (χ0) is 33.7. The molecule has 0 bridgehead atoms. The van der Waals surface area contributed by atoms with Crippen LogP contribution in [0.15, 0.2) is 180 Å². The van der Waals surface area contributed by atoms with Crippen LogP contribution in [0.5, 0.6) is 0 Å². The highest BCUT2D eigenvalue weighted by Crippen LogP contribution is 2.41. The van der Waals surface area contributed by atoms with Crippen molar-refractivity contribution in [2.24, 2.45) is 0 Å². The summed E-state index contributed by atoms with van der Waals surface area (Å²) in [5.41, 5.74) is 8.99. The molecule has 0 aliphatic heterocycles. The molecular formula is C47H29N3O. The van der Waals surface area contributed by atoms with Gasteiger partial charge in [-0.2, -0.15) is 0 Å². The molecular weight excluding hydrogens is 623 g/mol. The van der Waals surface area contributed by atoms with E-state index in [4.69, 9.17) is 19.4 Å². The minimum atomic E-state index is 0.609. The maximum Gasteiger partial charge on any atom is 0.164 e. The van der Waals surface area contributed by atoms with Gasteiger partial charge in [0.1, 0.15) is 11.2 Å². The Bertz CT molecular complexity index is 2910. The van der Waals surface area contributed by atoms with Gasteiger partial charge in [0.25, 0.3) is 0 Å². The van der Waals surface area contributed by atoms with Gasteiger partial charge < -0.3 is 4.42 Å². The lowest BCUT2D eigenvalue weighted by Crippen LogP contribution is -2.01. The zero-order valence-corrected chi connectivity index (χ0v) is 27.5. The summed E-state index contributed by atoms with van der Waals surface area (Å²) < 4.78 is 6.58. The molecule has 0 aliphatic carbocycles. The van der Waals surface area contributed by atoms with Crippen molar-refractivity contribution in [1.29, 1.82) is 0 Å². The molecule has 51 heavy (non-hydrogen) atoms. The van der Waals surface area contributed by atoms with Crippen LogP contribution in [0.3, 0.4) is 0 Å². The van der Waals surface area contributed by atoms with Gasteiger partial charge in [0.15, 0.2) is 17.5 Å². The van der Waals surface area contributed by atoms with Crippen molar-refractivity contribution >= 4 is 43.5 Å². The molecule has 238 valence electrons. The van der Waals surface area contributed by atoms with E-state index in [2.05, 4.69) is 152 Å². The van der Waals surface area contributed by atoms with Gasteiger partial charge in [-0.05, 0) is 68.7 Å². The lowest BCUT2D eigenvalue weighted by Gasteiger charge is -2.13. The first-order valence-electron chi connectivity index (χ1n) is 17.1. The Kier molecular flexibility index (Phi) is 6.78. The quantitative estimate of drug-likeness (QED) is 0.186. The van der Waals surface area contributed by atoms with Gasteiger partial charge in [-0.25, -0.2) is 15.0 Å². The lowest BCUT2D eigenvalue weighted by molar-refractivity contribution is 0.672. The Morgan fingerprint density at radius 1 is 0.314 bits per heavy atom. The second-order valence-electron chi connectivity index (χ2n) is 12.8. The van der Waals surface area contributed by atoms with Crippen molar-refractivity contribution in [3.05, 3.63) is 176 Å². The van der Waals surface area contributed by atoms with E-state index in [1.807, 2.05) is 24.3 Å². The number of benzene rings is 8. The first-order valence-corrected chi connectivity index (χ1v) is 17.1. The fourth-order valence-electron chi connectivity index (χ4n) is 7.14. The predicted octanol–water partition coefficient (Wildman–Crippen LogP) is 12.4. The summed E-state index contributed by atoms with van der Waals surface area (Å²) >= 11 is 0. The van der Waals surface area contributed by atoms with Crippen LogP contribution in [-0.4, -0.2) is 15.0 Å². The van der Waals surface area contributed by atoms with Crippen molar-refractivity contribution in [3.63, 3.8) is 0 Å². The van der Waals surface area contributed by atoms with E-state index >= 15 is 0 Å². The average Bonchev–Trinajstić information content (AvgIpc) is 3.59. The second-order valence-corrected chi connectivity index (χ2v) is 12.8. The predicted molar refractivity (Wildman–Crippen MR) is 209 cm³/mol. The molecule has 0 atom stereocenters. The number of para-hydroxylation sites is 1. The normalized spacial score (nSPS) is 11.5. The first kappa shape index (κ1) is 29.0. The highest BCUT2D eigenvalue weighted by Gasteiger charge is 2.20. The molecule has 0 saturated carbocycles. The van der Waals surface area contributed by atoms with E-state index in [1.165, 1.54) is 5.39 Å². The minimum absolute atomic E-state index is 0.609. The Labute approximate surface area is 294 Å². The van der Waals surface area contributed by atoms with E-state index in [0.29, 0.717) is 17.5 Å². The van der Waals surface area contributed by atoms with Crippen LogP contribution >= 0.6 is 0 Å². The Hall–Kier alpha value is -6.91. The van der Waals surface area contributed by atoms with E-state index < -0.39 is 0 Å². The van der Waals surface area contributed by atoms with Crippen LogP contribution in [0.25, 0.3) is 99.9 Å². The molecule has 4 nitrogen and oxygen atoms in total. The summed E-state index contributed by atoms with van der Waals surface area (Å²) in [6.07, 6.45) is 0. The molecule has 0 fully saturated rings. The monoisotopic (exact) mass is 651 g/mol. The van der Waals surface area contributed by atoms with Gasteiger partial charge >= 0.3 is 0 Å². The molecule has 2 aromatic heterocycles. The van der Waals surface area contributed by atoms with E-state index in [1.54, 1.807) is 0 Å². The second kappa shape index (κ2) is 11.9.